The van der Waals surface area contributed by atoms with Crippen molar-refractivity contribution in [3.05, 3.63) is 23.7 Å². The van der Waals surface area contributed by atoms with Gasteiger partial charge in [-0.1, -0.05) is 24.2 Å². The van der Waals surface area contributed by atoms with Crippen molar-refractivity contribution >= 4 is 5.82 Å². The summed E-state index contributed by atoms with van der Waals surface area (Å²) >= 11 is 0. The molecule has 0 spiro atoms. The Bertz CT molecular complexity index is 535. The minimum atomic E-state index is -0.0516. The summed E-state index contributed by atoms with van der Waals surface area (Å²) in [6, 6.07) is 1.92. The number of nitrogens with one attached hydrogen (secondary N) is 1. The van der Waals surface area contributed by atoms with Crippen molar-refractivity contribution in [1.82, 2.24) is 20.2 Å². The zero-order valence-electron chi connectivity index (χ0n) is 12.1. The minimum Gasteiger partial charge on any atom is -0.361 e. The van der Waals surface area contributed by atoms with Gasteiger partial charge in [-0.15, -0.1) is 5.10 Å². The second-order valence-electron chi connectivity index (χ2n) is 5.95. The number of hydrogen-bond donors (Lipinski definition) is 1. The van der Waals surface area contributed by atoms with Crippen molar-refractivity contribution < 1.29 is 4.52 Å². The van der Waals surface area contributed by atoms with Crippen molar-refractivity contribution in [3.63, 3.8) is 0 Å². The van der Waals surface area contributed by atoms with Crippen LogP contribution in [0.5, 0.6) is 0 Å². The van der Waals surface area contributed by atoms with E-state index >= 15 is 0 Å². The molecule has 6 nitrogen and oxygen atoms in total. The van der Waals surface area contributed by atoms with Crippen molar-refractivity contribution in [3.8, 4) is 0 Å². The van der Waals surface area contributed by atoms with Crippen LogP contribution in [0, 0.1) is 0 Å². The first-order valence-electron chi connectivity index (χ1n) is 6.48. The summed E-state index contributed by atoms with van der Waals surface area (Å²) in [5.74, 6) is 1.94. The zero-order chi connectivity index (χ0) is 14.0. The molecule has 0 aliphatic carbocycles. The summed E-state index contributed by atoms with van der Waals surface area (Å²) in [6.07, 6.45) is 1.94. The molecule has 0 fully saturated rings. The van der Waals surface area contributed by atoms with E-state index in [9.17, 15) is 0 Å². The molecule has 0 saturated heterocycles. The third-order valence-corrected chi connectivity index (χ3v) is 2.78. The van der Waals surface area contributed by atoms with Crippen molar-refractivity contribution in [1.29, 1.82) is 0 Å². The number of nitrogens with zero attached hydrogens (tertiary/aromatic N) is 4. The fraction of sp³-hybridized carbons (Fsp3) is 0.615. The molecule has 19 heavy (non-hydrogen) atoms. The molecule has 0 aromatic carbocycles. The van der Waals surface area contributed by atoms with E-state index in [4.69, 9.17) is 4.52 Å². The first-order chi connectivity index (χ1) is 8.86. The molecule has 6 heteroatoms. The Morgan fingerprint density at radius 1 is 1.37 bits per heavy atom. The largest absolute Gasteiger partial charge is 0.361 e. The van der Waals surface area contributed by atoms with Gasteiger partial charge < -0.3 is 9.84 Å². The van der Waals surface area contributed by atoms with Crippen LogP contribution < -0.4 is 5.32 Å². The summed E-state index contributed by atoms with van der Waals surface area (Å²) in [6.45, 7) is 11.0. The summed E-state index contributed by atoms with van der Waals surface area (Å²) in [7, 11) is 0. The lowest BCUT2D eigenvalue weighted by atomic mass is 10.1. The van der Waals surface area contributed by atoms with E-state index in [0.29, 0.717) is 12.5 Å². The molecule has 0 saturated carbocycles. The molecule has 0 aliphatic rings. The van der Waals surface area contributed by atoms with E-state index in [1.807, 2.05) is 16.9 Å². The second-order valence-corrected chi connectivity index (χ2v) is 5.95. The Hall–Kier alpha value is -1.85. The number of anilines is 1. The molecule has 0 radical (unpaired) electrons. The van der Waals surface area contributed by atoms with Gasteiger partial charge in [-0.3, -0.25) is 0 Å². The normalized spacial score (nSPS) is 12.1. The minimum absolute atomic E-state index is 0.0516. The fourth-order valence-electron chi connectivity index (χ4n) is 1.53. The smallest absolute Gasteiger partial charge is 0.169 e. The lowest BCUT2D eigenvalue weighted by Crippen LogP contribution is -2.22. The van der Waals surface area contributed by atoms with Crippen molar-refractivity contribution in [2.75, 3.05) is 5.32 Å². The van der Waals surface area contributed by atoms with Gasteiger partial charge in [0.25, 0.3) is 0 Å². The molecular weight excluding hydrogens is 242 g/mol. The summed E-state index contributed by atoms with van der Waals surface area (Å²) in [4.78, 5) is 0. The van der Waals surface area contributed by atoms with Crippen LogP contribution in [0.1, 0.15) is 52.0 Å². The maximum Gasteiger partial charge on any atom is 0.169 e. The number of aromatic nitrogens is 4. The highest BCUT2D eigenvalue weighted by molar-refractivity contribution is 5.34. The van der Waals surface area contributed by atoms with Crippen molar-refractivity contribution in [2.24, 2.45) is 0 Å². The third kappa shape index (κ3) is 3.33. The zero-order valence-corrected chi connectivity index (χ0v) is 12.1. The molecule has 0 unspecified atom stereocenters. The van der Waals surface area contributed by atoms with Crippen LogP contribution in [-0.4, -0.2) is 20.2 Å². The van der Waals surface area contributed by atoms with Crippen LogP contribution in [0.4, 0.5) is 5.82 Å². The Balaban J connectivity index is 1.96. The summed E-state index contributed by atoms with van der Waals surface area (Å²) in [5.41, 5.74) is 0.827. The molecule has 0 bridgehead atoms. The Morgan fingerprint density at radius 2 is 2.11 bits per heavy atom. The monoisotopic (exact) mass is 263 g/mol. The highest BCUT2D eigenvalue weighted by atomic mass is 16.5. The first kappa shape index (κ1) is 13.6. The van der Waals surface area contributed by atoms with E-state index in [1.54, 1.807) is 0 Å². The van der Waals surface area contributed by atoms with Crippen LogP contribution in [0.15, 0.2) is 16.8 Å². The number of rotatable bonds is 4. The van der Waals surface area contributed by atoms with Gasteiger partial charge in [0.1, 0.15) is 11.5 Å². The Morgan fingerprint density at radius 3 is 2.63 bits per heavy atom. The summed E-state index contributed by atoms with van der Waals surface area (Å²) < 4.78 is 7.07. The molecule has 0 aliphatic heterocycles. The molecule has 0 atom stereocenters. The molecule has 104 valence electrons. The van der Waals surface area contributed by atoms with Crippen LogP contribution >= 0.6 is 0 Å². The fourth-order valence-corrected chi connectivity index (χ4v) is 1.53. The molecular formula is C13H21N5O. The van der Waals surface area contributed by atoms with Gasteiger partial charge in [-0.05, 0) is 20.8 Å². The summed E-state index contributed by atoms with van der Waals surface area (Å²) in [5, 5.41) is 15.4. The molecule has 2 aromatic heterocycles. The predicted molar refractivity (Wildman–Crippen MR) is 72.9 cm³/mol. The lowest BCUT2D eigenvalue weighted by molar-refractivity contribution is 0.347. The van der Waals surface area contributed by atoms with E-state index in [0.717, 1.165) is 17.3 Å². The maximum absolute atomic E-state index is 5.22. The van der Waals surface area contributed by atoms with E-state index in [2.05, 4.69) is 55.4 Å². The first-order valence-corrected chi connectivity index (χ1v) is 6.48. The topological polar surface area (TPSA) is 68.8 Å². The van der Waals surface area contributed by atoms with Gasteiger partial charge in [0, 0.05) is 12.0 Å². The highest BCUT2D eigenvalue weighted by Gasteiger charge is 2.15. The second kappa shape index (κ2) is 5.03. The molecule has 0 amide bonds. The predicted octanol–water partition coefficient (Wildman–Crippen LogP) is 2.76. The van der Waals surface area contributed by atoms with Crippen LogP contribution in [0.3, 0.4) is 0 Å². The average Bonchev–Trinajstić information content (AvgIpc) is 2.95. The van der Waals surface area contributed by atoms with Gasteiger partial charge in [-0.2, -0.15) is 0 Å². The van der Waals surface area contributed by atoms with Crippen LogP contribution in [0.2, 0.25) is 0 Å². The Labute approximate surface area is 113 Å². The van der Waals surface area contributed by atoms with Gasteiger partial charge in [0.05, 0.1) is 18.3 Å². The quantitative estimate of drug-likeness (QED) is 0.918. The molecule has 2 aromatic rings. The van der Waals surface area contributed by atoms with Gasteiger partial charge in [0.15, 0.2) is 5.82 Å². The maximum atomic E-state index is 5.22. The molecule has 2 rings (SSSR count). The highest BCUT2D eigenvalue weighted by Crippen LogP contribution is 2.18. The van der Waals surface area contributed by atoms with E-state index in [1.165, 1.54) is 0 Å². The van der Waals surface area contributed by atoms with Gasteiger partial charge in [0.2, 0.25) is 0 Å². The van der Waals surface area contributed by atoms with Crippen molar-refractivity contribution in [2.45, 2.75) is 52.6 Å². The third-order valence-electron chi connectivity index (χ3n) is 2.78. The standard InChI is InChI=1S/C13H21N5O/c1-9(2)11-6-12(16-19-11)14-7-10-8-18(17-15-10)13(3,4)5/h6,8-9H,7H2,1-5H3,(H,14,16). The van der Waals surface area contributed by atoms with E-state index < -0.39 is 0 Å². The van der Waals surface area contributed by atoms with Gasteiger partial charge >= 0.3 is 0 Å². The van der Waals surface area contributed by atoms with E-state index in [-0.39, 0.29) is 5.54 Å². The molecule has 1 N–H and O–H groups in total. The van der Waals surface area contributed by atoms with Crippen LogP contribution in [-0.2, 0) is 12.1 Å². The Kier molecular flexibility index (Phi) is 3.59. The van der Waals surface area contributed by atoms with Gasteiger partial charge in [-0.25, -0.2) is 4.68 Å². The number of hydrogen-bond acceptors (Lipinski definition) is 5. The lowest BCUT2D eigenvalue weighted by Gasteiger charge is -2.17. The average molecular weight is 263 g/mol. The SMILES string of the molecule is CC(C)c1cc(NCc2cn(C(C)(C)C)nn2)no1. The van der Waals surface area contributed by atoms with Crippen LogP contribution in [0.25, 0.3) is 0 Å². The molecule has 2 heterocycles.